The average molecular weight is 397 g/mol. The SMILES string of the molecule is CS(=O)(=O)c1ccc2nc(Sc3nnc(C(F)(F)F)s3)sc2c1. The third kappa shape index (κ3) is 3.65. The zero-order valence-electron chi connectivity index (χ0n) is 11.2. The Morgan fingerprint density at radius 1 is 1.13 bits per heavy atom. The number of sulfone groups is 1. The maximum absolute atomic E-state index is 12.5. The molecule has 2 heterocycles. The summed E-state index contributed by atoms with van der Waals surface area (Å²) in [6.07, 6.45) is -3.42. The summed E-state index contributed by atoms with van der Waals surface area (Å²) in [5.41, 5.74) is 0.575. The first kappa shape index (κ1) is 16.6. The highest BCUT2D eigenvalue weighted by molar-refractivity contribution is 8.02. The molecule has 0 aliphatic heterocycles. The van der Waals surface area contributed by atoms with Crippen molar-refractivity contribution in [1.82, 2.24) is 15.2 Å². The number of alkyl halides is 3. The number of nitrogens with zero attached hydrogens (tertiary/aromatic N) is 3. The smallest absolute Gasteiger partial charge is 0.229 e. The quantitative estimate of drug-likeness (QED) is 0.671. The second kappa shape index (κ2) is 5.69. The molecule has 0 N–H and O–H groups in total. The molecule has 0 aliphatic carbocycles. The molecule has 0 atom stereocenters. The number of halogens is 3. The largest absolute Gasteiger partial charge is 0.445 e. The van der Waals surface area contributed by atoms with Crippen LogP contribution in [0.5, 0.6) is 0 Å². The number of thiazole rings is 1. The van der Waals surface area contributed by atoms with E-state index in [9.17, 15) is 21.6 Å². The Labute approximate surface area is 140 Å². The second-order valence-electron chi connectivity index (χ2n) is 4.35. The predicted molar refractivity (Wildman–Crippen MR) is 81.8 cm³/mol. The number of rotatable bonds is 3. The van der Waals surface area contributed by atoms with Crippen molar-refractivity contribution in [2.24, 2.45) is 0 Å². The van der Waals surface area contributed by atoms with Crippen LogP contribution in [0.1, 0.15) is 5.01 Å². The molecule has 23 heavy (non-hydrogen) atoms. The molecule has 0 spiro atoms. The molecular formula is C11H6F3N3O2S4. The Kier molecular flexibility index (Phi) is 4.11. The van der Waals surface area contributed by atoms with Gasteiger partial charge in [0.15, 0.2) is 18.5 Å². The van der Waals surface area contributed by atoms with Crippen molar-refractivity contribution in [2.75, 3.05) is 6.26 Å². The Morgan fingerprint density at radius 2 is 1.87 bits per heavy atom. The molecule has 5 nitrogen and oxygen atoms in total. The van der Waals surface area contributed by atoms with Crippen LogP contribution < -0.4 is 0 Å². The van der Waals surface area contributed by atoms with E-state index >= 15 is 0 Å². The summed E-state index contributed by atoms with van der Waals surface area (Å²) in [6.45, 7) is 0. The molecule has 0 saturated heterocycles. The topological polar surface area (TPSA) is 72.8 Å². The van der Waals surface area contributed by atoms with Crippen molar-refractivity contribution >= 4 is 54.5 Å². The van der Waals surface area contributed by atoms with E-state index in [1.807, 2.05) is 0 Å². The predicted octanol–water partition coefficient (Wildman–Crippen LogP) is 3.72. The van der Waals surface area contributed by atoms with E-state index in [-0.39, 0.29) is 9.24 Å². The van der Waals surface area contributed by atoms with Gasteiger partial charge in [-0.05, 0) is 30.0 Å². The van der Waals surface area contributed by atoms with E-state index in [1.54, 1.807) is 6.07 Å². The monoisotopic (exact) mass is 397 g/mol. The van der Waals surface area contributed by atoms with Gasteiger partial charge in [-0.2, -0.15) is 13.2 Å². The van der Waals surface area contributed by atoms with Crippen LogP contribution in [0.2, 0.25) is 0 Å². The van der Waals surface area contributed by atoms with Crippen LogP contribution in [-0.2, 0) is 16.0 Å². The highest BCUT2D eigenvalue weighted by Crippen LogP contribution is 2.39. The molecular weight excluding hydrogens is 391 g/mol. The minimum Gasteiger partial charge on any atom is -0.229 e. The van der Waals surface area contributed by atoms with Gasteiger partial charge in [-0.1, -0.05) is 11.3 Å². The van der Waals surface area contributed by atoms with Gasteiger partial charge in [-0.15, -0.1) is 21.5 Å². The lowest BCUT2D eigenvalue weighted by Crippen LogP contribution is -2.03. The summed E-state index contributed by atoms with van der Waals surface area (Å²) in [5, 5.41) is 5.58. The lowest BCUT2D eigenvalue weighted by atomic mass is 10.3. The standard InChI is InChI=1S/C11H6F3N3O2S4/c1-23(18,19)5-2-3-6-7(4-5)20-9(15-6)22-10-17-16-8(21-10)11(12,13)14/h2-4H,1H3. The molecule has 0 fully saturated rings. The second-order valence-corrected chi connectivity index (χ2v) is 9.87. The summed E-state index contributed by atoms with van der Waals surface area (Å²) in [6, 6.07) is 4.50. The van der Waals surface area contributed by atoms with E-state index in [1.165, 1.54) is 23.5 Å². The molecule has 0 bridgehead atoms. The molecule has 1 aromatic carbocycles. The van der Waals surface area contributed by atoms with Crippen LogP contribution in [0.15, 0.2) is 31.8 Å². The van der Waals surface area contributed by atoms with Gasteiger partial charge in [-0.25, -0.2) is 13.4 Å². The summed E-state index contributed by atoms with van der Waals surface area (Å²) in [7, 11) is -3.33. The fourth-order valence-corrected chi connectivity index (χ4v) is 5.35. The van der Waals surface area contributed by atoms with Crippen molar-refractivity contribution in [3.05, 3.63) is 23.2 Å². The Balaban J connectivity index is 1.91. The molecule has 3 aromatic rings. The van der Waals surface area contributed by atoms with E-state index in [4.69, 9.17) is 0 Å². The number of benzene rings is 1. The number of fused-ring (bicyclic) bond motifs is 1. The molecule has 2 aromatic heterocycles. The normalized spacial score (nSPS) is 12.9. The zero-order chi connectivity index (χ0) is 16.8. The van der Waals surface area contributed by atoms with Gasteiger partial charge in [0.2, 0.25) is 5.01 Å². The molecule has 122 valence electrons. The van der Waals surface area contributed by atoms with Crippen LogP contribution in [0.4, 0.5) is 13.2 Å². The molecule has 0 unspecified atom stereocenters. The van der Waals surface area contributed by atoms with Crippen molar-refractivity contribution in [2.45, 2.75) is 19.8 Å². The van der Waals surface area contributed by atoms with Gasteiger partial charge >= 0.3 is 6.18 Å². The lowest BCUT2D eigenvalue weighted by molar-refractivity contribution is -0.138. The van der Waals surface area contributed by atoms with Crippen LogP contribution >= 0.6 is 34.4 Å². The van der Waals surface area contributed by atoms with Crippen LogP contribution in [-0.4, -0.2) is 29.9 Å². The van der Waals surface area contributed by atoms with E-state index in [2.05, 4.69) is 15.2 Å². The summed E-state index contributed by atoms with van der Waals surface area (Å²) >= 11 is 2.59. The highest BCUT2D eigenvalue weighted by Gasteiger charge is 2.35. The average Bonchev–Trinajstić information content (AvgIpc) is 3.02. The lowest BCUT2D eigenvalue weighted by Gasteiger charge is -1.97. The Bertz CT molecular complexity index is 978. The first-order valence-electron chi connectivity index (χ1n) is 5.82. The summed E-state index contributed by atoms with van der Waals surface area (Å²) in [5.74, 6) is 0. The van der Waals surface area contributed by atoms with Gasteiger partial charge in [0.05, 0.1) is 15.1 Å². The highest BCUT2D eigenvalue weighted by atomic mass is 32.2. The zero-order valence-corrected chi connectivity index (χ0v) is 14.4. The van der Waals surface area contributed by atoms with Crippen LogP contribution in [0.3, 0.4) is 0 Å². The molecule has 0 radical (unpaired) electrons. The molecule has 0 aliphatic rings. The fraction of sp³-hybridized carbons (Fsp3) is 0.182. The van der Waals surface area contributed by atoms with Crippen molar-refractivity contribution in [1.29, 1.82) is 0 Å². The number of aromatic nitrogens is 3. The maximum atomic E-state index is 12.5. The van der Waals surface area contributed by atoms with Gasteiger partial charge in [0.25, 0.3) is 0 Å². The maximum Gasteiger partial charge on any atom is 0.445 e. The van der Waals surface area contributed by atoms with E-state index < -0.39 is 21.0 Å². The van der Waals surface area contributed by atoms with Crippen molar-refractivity contribution in [3.63, 3.8) is 0 Å². The minimum absolute atomic E-state index is 0.125. The fourth-order valence-electron chi connectivity index (χ4n) is 1.60. The van der Waals surface area contributed by atoms with E-state index in [0.717, 1.165) is 18.0 Å². The summed E-state index contributed by atoms with van der Waals surface area (Å²) in [4.78, 5) is 4.41. The van der Waals surface area contributed by atoms with Gasteiger partial charge in [-0.3, -0.25) is 0 Å². The van der Waals surface area contributed by atoms with Crippen molar-refractivity contribution in [3.8, 4) is 0 Å². The first-order chi connectivity index (χ1) is 10.6. The first-order valence-corrected chi connectivity index (χ1v) is 10.2. The minimum atomic E-state index is -4.52. The number of hydrogen-bond acceptors (Lipinski definition) is 8. The molecule has 0 saturated carbocycles. The molecule has 0 amide bonds. The van der Waals surface area contributed by atoms with Crippen LogP contribution in [0.25, 0.3) is 10.2 Å². The van der Waals surface area contributed by atoms with Gasteiger partial charge < -0.3 is 0 Å². The van der Waals surface area contributed by atoms with Crippen LogP contribution in [0, 0.1) is 0 Å². The van der Waals surface area contributed by atoms with E-state index in [0.29, 0.717) is 25.9 Å². The Hall–Kier alpha value is -1.24. The van der Waals surface area contributed by atoms with Gasteiger partial charge in [0, 0.05) is 6.26 Å². The Morgan fingerprint density at radius 3 is 2.48 bits per heavy atom. The summed E-state index contributed by atoms with van der Waals surface area (Å²) < 4.78 is 61.8. The van der Waals surface area contributed by atoms with Crippen molar-refractivity contribution < 1.29 is 21.6 Å². The third-order valence-electron chi connectivity index (χ3n) is 2.59. The molecule has 3 rings (SSSR count). The van der Waals surface area contributed by atoms with Gasteiger partial charge in [0.1, 0.15) is 0 Å². The molecule has 12 heteroatoms. The number of hydrogen-bond donors (Lipinski definition) is 0. The third-order valence-corrected chi connectivity index (χ3v) is 6.80.